The third-order valence-electron chi connectivity index (χ3n) is 1.92. The van der Waals surface area contributed by atoms with Crippen molar-refractivity contribution in [2.75, 3.05) is 0 Å². The molecule has 0 aromatic carbocycles. The van der Waals surface area contributed by atoms with Crippen LogP contribution < -0.4 is 0 Å². The summed E-state index contributed by atoms with van der Waals surface area (Å²) in [5.74, 6) is -1.19. The highest BCUT2D eigenvalue weighted by molar-refractivity contribution is 6.08. The van der Waals surface area contributed by atoms with E-state index in [9.17, 15) is 9.59 Å². The van der Waals surface area contributed by atoms with Crippen molar-refractivity contribution in [1.29, 1.82) is 0 Å². The zero-order valence-corrected chi connectivity index (χ0v) is 9.22. The summed E-state index contributed by atoms with van der Waals surface area (Å²) >= 11 is 0. The van der Waals surface area contributed by atoms with Gasteiger partial charge in [0.2, 0.25) is 5.78 Å². The molecule has 1 amide bonds. The first-order valence-corrected chi connectivity index (χ1v) is 4.59. The van der Waals surface area contributed by atoms with Gasteiger partial charge in [-0.25, -0.2) is 0 Å². The summed E-state index contributed by atoms with van der Waals surface area (Å²) < 4.78 is 4.97. The number of furan rings is 1. The fraction of sp³-hybridized carbons (Fsp3) is 0.400. The molecule has 6 heteroatoms. The second-order valence-corrected chi connectivity index (χ2v) is 4.24. The molecule has 0 aliphatic carbocycles. The van der Waals surface area contributed by atoms with Crippen molar-refractivity contribution in [3.63, 3.8) is 0 Å². The van der Waals surface area contributed by atoms with Gasteiger partial charge in [-0.15, -0.1) is 0 Å². The summed E-state index contributed by atoms with van der Waals surface area (Å²) in [5, 5.41) is 2.92. The molecule has 0 radical (unpaired) electrons. The Kier molecular flexibility index (Phi) is 3.15. The molecule has 0 saturated carbocycles. The molecule has 0 fully saturated rings. The summed E-state index contributed by atoms with van der Waals surface area (Å²) in [4.78, 5) is 25.6. The highest BCUT2D eigenvalue weighted by Crippen LogP contribution is 2.24. The average molecular weight is 221 g/mol. The monoisotopic (exact) mass is 221 g/mol. The molecular formula is C10H11N3O3. The van der Waals surface area contributed by atoms with E-state index in [1.54, 1.807) is 20.8 Å². The van der Waals surface area contributed by atoms with Crippen molar-refractivity contribution in [2.24, 2.45) is 10.5 Å². The fourth-order valence-corrected chi connectivity index (χ4v) is 1.09. The van der Waals surface area contributed by atoms with Gasteiger partial charge in [-0.1, -0.05) is 20.8 Å². The van der Waals surface area contributed by atoms with Gasteiger partial charge < -0.3 is 4.42 Å². The van der Waals surface area contributed by atoms with Gasteiger partial charge >= 0.3 is 0 Å². The third-order valence-corrected chi connectivity index (χ3v) is 1.92. The van der Waals surface area contributed by atoms with E-state index in [0.717, 1.165) is 0 Å². The number of amides is 1. The smallest absolute Gasteiger partial charge is 0.253 e. The van der Waals surface area contributed by atoms with Crippen LogP contribution in [0, 0.1) is 5.41 Å². The summed E-state index contributed by atoms with van der Waals surface area (Å²) in [6.45, 7) is 5.12. The lowest BCUT2D eigenvalue weighted by Gasteiger charge is -2.14. The van der Waals surface area contributed by atoms with Gasteiger partial charge in [0, 0.05) is 10.3 Å². The molecular weight excluding hydrogens is 210 g/mol. The van der Waals surface area contributed by atoms with E-state index in [-0.39, 0.29) is 17.1 Å². The highest BCUT2D eigenvalue weighted by atomic mass is 16.3. The minimum atomic E-state index is -0.816. The molecule has 0 saturated heterocycles. The van der Waals surface area contributed by atoms with E-state index in [2.05, 4.69) is 10.0 Å². The first-order valence-electron chi connectivity index (χ1n) is 4.59. The molecule has 16 heavy (non-hydrogen) atoms. The second-order valence-electron chi connectivity index (χ2n) is 4.24. The first kappa shape index (κ1) is 12.0. The van der Waals surface area contributed by atoms with E-state index in [1.807, 2.05) is 0 Å². The third kappa shape index (κ3) is 2.29. The van der Waals surface area contributed by atoms with Crippen LogP contribution in [0.25, 0.3) is 10.4 Å². The SMILES string of the molecule is CC(C)(C)C(=O)c1occc1C(=O)N=[N+]=[N-]. The van der Waals surface area contributed by atoms with Crippen LogP contribution in [0.1, 0.15) is 41.7 Å². The molecule has 0 aliphatic heterocycles. The summed E-state index contributed by atoms with van der Waals surface area (Å²) in [6, 6.07) is 1.32. The van der Waals surface area contributed by atoms with Crippen molar-refractivity contribution in [1.82, 2.24) is 0 Å². The number of hydrogen-bond donors (Lipinski definition) is 0. The standard InChI is InChI=1S/C10H11N3O3/c1-10(2,3)8(14)7-6(4-5-16-7)9(15)12-13-11/h4-5H,1-3H3. The second kappa shape index (κ2) is 4.20. The minimum absolute atomic E-state index is 0.00211. The van der Waals surface area contributed by atoms with Gasteiger partial charge in [-0.3, -0.25) is 9.59 Å². The molecule has 84 valence electrons. The van der Waals surface area contributed by atoms with Crippen molar-refractivity contribution in [3.05, 3.63) is 34.1 Å². The van der Waals surface area contributed by atoms with E-state index in [4.69, 9.17) is 9.95 Å². The molecule has 0 aliphatic rings. The molecule has 6 nitrogen and oxygen atoms in total. The predicted molar refractivity (Wildman–Crippen MR) is 56.0 cm³/mol. The van der Waals surface area contributed by atoms with Crippen molar-refractivity contribution in [3.8, 4) is 0 Å². The molecule has 0 bridgehead atoms. The molecule has 1 aromatic rings. The van der Waals surface area contributed by atoms with Crippen LogP contribution in [0.2, 0.25) is 0 Å². The first-order chi connectivity index (χ1) is 7.38. The Labute approximate surface area is 91.9 Å². The number of Topliss-reactive ketones (excluding diaryl/α,β-unsaturated/α-hetero) is 1. The maximum absolute atomic E-state index is 11.9. The Morgan fingerprint density at radius 3 is 2.56 bits per heavy atom. The Balaban J connectivity index is 3.18. The van der Waals surface area contributed by atoms with E-state index in [1.165, 1.54) is 12.3 Å². The van der Waals surface area contributed by atoms with Crippen molar-refractivity contribution < 1.29 is 14.0 Å². The van der Waals surface area contributed by atoms with Crippen LogP contribution in [0.5, 0.6) is 0 Å². The number of azide groups is 1. The molecule has 0 N–H and O–H groups in total. The number of carbonyl (C=O) groups excluding carboxylic acids is 2. The zero-order chi connectivity index (χ0) is 12.3. The van der Waals surface area contributed by atoms with Crippen LogP contribution >= 0.6 is 0 Å². The molecule has 1 rings (SSSR count). The number of carbonyl (C=O) groups is 2. The summed E-state index contributed by atoms with van der Waals surface area (Å²) in [6.07, 6.45) is 1.22. The van der Waals surface area contributed by atoms with E-state index in [0.29, 0.717) is 0 Å². The Morgan fingerprint density at radius 1 is 1.44 bits per heavy atom. The van der Waals surface area contributed by atoms with Gasteiger partial charge in [0.25, 0.3) is 5.91 Å². The van der Waals surface area contributed by atoms with Crippen LogP contribution in [-0.4, -0.2) is 11.7 Å². The zero-order valence-electron chi connectivity index (χ0n) is 9.22. The van der Waals surface area contributed by atoms with Crippen molar-refractivity contribution >= 4 is 11.7 Å². The lowest BCUT2D eigenvalue weighted by Crippen LogP contribution is -2.21. The van der Waals surface area contributed by atoms with Gasteiger partial charge in [0.05, 0.1) is 11.8 Å². The van der Waals surface area contributed by atoms with Crippen LogP contribution in [-0.2, 0) is 0 Å². The Bertz CT molecular complexity index is 476. The lowest BCUT2D eigenvalue weighted by atomic mass is 9.88. The molecule has 1 aromatic heterocycles. The predicted octanol–water partition coefficient (Wildman–Crippen LogP) is 2.96. The van der Waals surface area contributed by atoms with E-state index >= 15 is 0 Å². The topological polar surface area (TPSA) is 96.0 Å². The highest BCUT2D eigenvalue weighted by Gasteiger charge is 2.29. The van der Waals surface area contributed by atoms with Gasteiger partial charge in [-0.05, 0) is 16.7 Å². The summed E-state index contributed by atoms with van der Waals surface area (Å²) in [5.41, 5.74) is 7.48. The largest absolute Gasteiger partial charge is 0.460 e. The molecule has 0 unspecified atom stereocenters. The van der Waals surface area contributed by atoms with Crippen molar-refractivity contribution in [2.45, 2.75) is 20.8 Å². The maximum atomic E-state index is 11.9. The summed E-state index contributed by atoms with van der Waals surface area (Å²) in [7, 11) is 0. The minimum Gasteiger partial charge on any atom is -0.460 e. The Hall–Kier alpha value is -2.07. The number of hydrogen-bond acceptors (Lipinski definition) is 3. The Morgan fingerprint density at radius 2 is 2.06 bits per heavy atom. The normalized spacial score (nSPS) is 10.7. The fourth-order valence-electron chi connectivity index (χ4n) is 1.09. The number of nitrogens with zero attached hydrogens (tertiary/aromatic N) is 3. The molecule has 1 heterocycles. The number of rotatable bonds is 2. The van der Waals surface area contributed by atoms with Crippen LogP contribution in [0.3, 0.4) is 0 Å². The quantitative estimate of drug-likeness (QED) is 0.332. The van der Waals surface area contributed by atoms with Crippen LogP contribution in [0.4, 0.5) is 0 Å². The van der Waals surface area contributed by atoms with Gasteiger partial charge in [-0.2, -0.15) is 0 Å². The maximum Gasteiger partial charge on any atom is 0.253 e. The molecule has 0 atom stereocenters. The molecule has 0 spiro atoms. The lowest BCUT2D eigenvalue weighted by molar-refractivity contribution is 0.0820. The van der Waals surface area contributed by atoms with Gasteiger partial charge in [0.1, 0.15) is 0 Å². The number of ketones is 1. The van der Waals surface area contributed by atoms with E-state index < -0.39 is 11.3 Å². The van der Waals surface area contributed by atoms with Crippen LogP contribution in [0.15, 0.2) is 21.9 Å². The average Bonchev–Trinajstić information content (AvgIpc) is 2.63. The van der Waals surface area contributed by atoms with Gasteiger partial charge in [0.15, 0.2) is 5.76 Å².